The largest absolute Gasteiger partial charge is 0.384 e. The van der Waals surface area contributed by atoms with Crippen LogP contribution in [0.1, 0.15) is 55.4 Å². The molecule has 0 spiro atoms. The zero-order chi connectivity index (χ0) is 23.8. The van der Waals surface area contributed by atoms with Crippen LogP contribution in [0.25, 0.3) is 0 Å². The number of allylic oxidation sites excluding steroid dienone is 1. The highest BCUT2D eigenvalue weighted by Gasteiger charge is 2.19. The van der Waals surface area contributed by atoms with Gasteiger partial charge in [0.15, 0.2) is 0 Å². The number of benzene rings is 2. The number of hydrogen-bond donors (Lipinski definition) is 3. The number of amidine groups is 1. The van der Waals surface area contributed by atoms with E-state index in [2.05, 4.69) is 28.5 Å². The van der Waals surface area contributed by atoms with E-state index < -0.39 is 5.41 Å². The second-order valence-corrected chi connectivity index (χ2v) is 8.98. The number of hydrogen-bond acceptors (Lipinski definition) is 4. The summed E-state index contributed by atoms with van der Waals surface area (Å²) in [7, 11) is 0. The number of nitrogens with two attached hydrogens (primary N) is 1. The van der Waals surface area contributed by atoms with Crippen LogP contribution in [0, 0.1) is 22.7 Å². The van der Waals surface area contributed by atoms with E-state index in [1.165, 1.54) is 5.56 Å². The van der Waals surface area contributed by atoms with E-state index >= 15 is 0 Å². The van der Waals surface area contributed by atoms with Crippen molar-refractivity contribution in [3.8, 4) is 6.07 Å². The summed E-state index contributed by atoms with van der Waals surface area (Å²) < 4.78 is 0. The topological polar surface area (TPSA) is 115 Å². The van der Waals surface area contributed by atoms with Gasteiger partial charge in [-0.2, -0.15) is 5.26 Å². The number of rotatable bonds is 9. The minimum Gasteiger partial charge on any atom is -0.384 e. The fourth-order valence-electron chi connectivity index (χ4n) is 3.75. The molecule has 1 aliphatic rings. The molecule has 0 saturated heterocycles. The van der Waals surface area contributed by atoms with Crippen LogP contribution in [0.4, 0.5) is 0 Å². The smallest absolute Gasteiger partial charge is 0.269 e. The lowest BCUT2D eigenvalue weighted by molar-refractivity contribution is -0.117. The maximum absolute atomic E-state index is 12.6. The van der Waals surface area contributed by atoms with Gasteiger partial charge in [0.05, 0.1) is 11.5 Å². The number of nitriles is 1. The Bertz CT molecular complexity index is 1090. The molecular formula is C27H31N5O. The number of carbonyl (C=O) groups excluding carboxylic acids is 1. The summed E-state index contributed by atoms with van der Waals surface area (Å²) in [6.45, 7) is 4.25. The first-order chi connectivity index (χ1) is 15.8. The van der Waals surface area contributed by atoms with Crippen molar-refractivity contribution in [3.05, 3.63) is 82.6 Å². The zero-order valence-electron chi connectivity index (χ0n) is 19.3. The predicted octanol–water partition coefficient (Wildman–Crippen LogP) is 4.39. The van der Waals surface area contributed by atoms with Crippen molar-refractivity contribution in [3.63, 3.8) is 0 Å². The Hall–Kier alpha value is -3.72. The average molecular weight is 442 g/mol. The third-order valence-corrected chi connectivity index (χ3v) is 5.98. The van der Waals surface area contributed by atoms with Crippen molar-refractivity contribution in [1.82, 2.24) is 5.32 Å². The first kappa shape index (κ1) is 23.9. The van der Waals surface area contributed by atoms with Crippen LogP contribution < -0.4 is 11.1 Å². The Labute approximate surface area is 195 Å². The van der Waals surface area contributed by atoms with Crippen LogP contribution in [0.3, 0.4) is 0 Å². The predicted molar refractivity (Wildman–Crippen MR) is 132 cm³/mol. The maximum Gasteiger partial charge on any atom is 0.269 e. The molecule has 0 aliphatic carbocycles. The highest BCUT2D eigenvalue weighted by Crippen LogP contribution is 2.24. The molecule has 0 bridgehead atoms. The fraction of sp³-hybridized carbons (Fsp3) is 0.333. The van der Waals surface area contributed by atoms with Crippen molar-refractivity contribution >= 4 is 18.0 Å². The average Bonchev–Trinajstić information content (AvgIpc) is 2.83. The Kier molecular flexibility index (Phi) is 7.78. The third kappa shape index (κ3) is 6.63. The van der Waals surface area contributed by atoms with Gasteiger partial charge in [0.25, 0.3) is 5.91 Å². The van der Waals surface area contributed by atoms with Gasteiger partial charge in [-0.25, -0.2) is 0 Å². The van der Waals surface area contributed by atoms with Crippen LogP contribution in [0.2, 0.25) is 0 Å². The molecule has 2 aromatic carbocycles. The van der Waals surface area contributed by atoms with Crippen LogP contribution >= 0.6 is 0 Å². The summed E-state index contributed by atoms with van der Waals surface area (Å²) in [4.78, 5) is 16.8. The maximum atomic E-state index is 12.6. The first-order valence-electron chi connectivity index (χ1n) is 11.2. The molecule has 1 amide bonds. The Morgan fingerprint density at radius 2 is 1.85 bits per heavy atom. The van der Waals surface area contributed by atoms with Crippen LogP contribution in [0.15, 0.2) is 65.3 Å². The van der Waals surface area contributed by atoms with Crippen molar-refractivity contribution in [1.29, 1.82) is 10.7 Å². The summed E-state index contributed by atoms with van der Waals surface area (Å²) in [5, 5.41) is 19.6. The van der Waals surface area contributed by atoms with Gasteiger partial charge in [0.2, 0.25) is 0 Å². The lowest BCUT2D eigenvalue weighted by Gasteiger charge is -2.17. The van der Waals surface area contributed by atoms with Gasteiger partial charge in [-0.05, 0) is 68.2 Å². The molecule has 0 saturated carbocycles. The molecular weight excluding hydrogens is 410 g/mol. The molecule has 0 fully saturated rings. The molecule has 2 aromatic rings. The lowest BCUT2D eigenvalue weighted by atomic mass is 9.85. The van der Waals surface area contributed by atoms with Crippen LogP contribution in [-0.4, -0.2) is 18.0 Å². The van der Waals surface area contributed by atoms with Gasteiger partial charge in [0, 0.05) is 18.3 Å². The number of aliphatic imine (C=N–C) groups is 1. The second kappa shape index (κ2) is 10.7. The quantitative estimate of drug-likeness (QED) is 0.396. The van der Waals surface area contributed by atoms with E-state index in [-0.39, 0.29) is 11.7 Å². The normalized spacial score (nSPS) is 15.4. The highest BCUT2D eigenvalue weighted by molar-refractivity contribution is 5.95. The molecule has 6 nitrogen and oxygen atoms in total. The number of amides is 1. The van der Waals surface area contributed by atoms with Gasteiger partial charge in [-0.3, -0.25) is 15.2 Å². The molecule has 1 heterocycles. The minimum absolute atomic E-state index is 0.0262. The number of nitrogens with zero attached hydrogens (tertiary/aromatic N) is 2. The monoisotopic (exact) mass is 441 g/mol. The van der Waals surface area contributed by atoms with Crippen molar-refractivity contribution in [2.45, 2.75) is 51.5 Å². The SMILES string of the molecule is CC(C)(C#N)c1ccc(CCCC2C=C(C(=O)NCc3ccc(C(=N)N)cc3)N=CC2)cc1. The van der Waals surface area contributed by atoms with Gasteiger partial charge < -0.3 is 11.1 Å². The van der Waals surface area contributed by atoms with Gasteiger partial charge in [0.1, 0.15) is 11.5 Å². The van der Waals surface area contributed by atoms with E-state index in [1.807, 2.05) is 50.4 Å². The van der Waals surface area contributed by atoms with Crippen molar-refractivity contribution < 1.29 is 4.79 Å². The molecule has 170 valence electrons. The van der Waals surface area contributed by atoms with E-state index in [1.54, 1.807) is 12.1 Å². The summed E-state index contributed by atoms with van der Waals surface area (Å²) in [6, 6.07) is 17.9. The highest BCUT2D eigenvalue weighted by atomic mass is 16.2. The van der Waals surface area contributed by atoms with E-state index in [9.17, 15) is 10.1 Å². The number of carbonyl (C=O) groups is 1. The Balaban J connectivity index is 1.48. The third-order valence-electron chi connectivity index (χ3n) is 5.98. The van der Waals surface area contributed by atoms with Gasteiger partial charge in [-0.15, -0.1) is 0 Å². The molecule has 0 aromatic heterocycles. The zero-order valence-corrected chi connectivity index (χ0v) is 19.3. The number of aryl methyl sites for hydroxylation is 1. The molecule has 6 heteroatoms. The van der Waals surface area contributed by atoms with Crippen LogP contribution in [0.5, 0.6) is 0 Å². The molecule has 33 heavy (non-hydrogen) atoms. The summed E-state index contributed by atoms with van der Waals surface area (Å²) in [5.41, 5.74) is 9.36. The minimum atomic E-state index is -0.472. The van der Waals surface area contributed by atoms with E-state index in [0.29, 0.717) is 23.7 Å². The number of nitrogens with one attached hydrogen (secondary N) is 2. The summed E-state index contributed by atoms with van der Waals surface area (Å²) in [6.07, 6.45) is 7.63. The van der Waals surface area contributed by atoms with Crippen LogP contribution in [-0.2, 0) is 23.2 Å². The van der Waals surface area contributed by atoms with Gasteiger partial charge >= 0.3 is 0 Å². The molecule has 4 N–H and O–H groups in total. The van der Waals surface area contributed by atoms with Crippen molar-refractivity contribution in [2.75, 3.05) is 0 Å². The summed E-state index contributed by atoms with van der Waals surface area (Å²) in [5.74, 6) is 0.149. The molecule has 1 atom stereocenters. The van der Waals surface area contributed by atoms with E-state index in [0.717, 1.165) is 36.8 Å². The van der Waals surface area contributed by atoms with Gasteiger partial charge in [-0.1, -0.05) is 48.5 Å². The molecule has 3 rings (SSSR count). The molecule has 1 unspecified atom stereocenters. The standard InChI is InChI=1S/C27H31N5O/c1-27(2,18-28)23-12-8-19(9-13-23)4-3-5-20-14-15-31-24(16-20)26(33)32-17-21-6-10-22(11-7-21)25(29)30/h6-13,15-16,20H,3-5,14,17H2,1-2H3,(H3,29,30)(H,32,33). The van der Waals surface area contributed by atoms with E-state index in [4.69, 9.17) is 11.1 Å². The van der Waals surface area contributed by atoms with Crippen molar-refractivity contribution in [2.24, 2.45) is 16.6 Å². The number of nitrogen functional groups attached to an aromatic ring is 1. The Morgan fingerprint density at radius 1 is 1.18 bits per heavy atom. The second-order valence-electron chi connectivity index (χ2n) is 8.98. The lowest BCUT2D eigenvalue weighted by Crippen LogP contribution is -2.25. The first-order valence-corrected chi connectivity index (χ1v) is 11.2. The molecule has 0 radical (unpaired) electrons. The summed E-state index contributed by atoms with van der Waals surface area (Å²) >= 11 is 0. The fourth-order valence-corrected chi connectivity index (χ4v) is 3.75. The molecule has 1 aliphatic heterocycles. The Morgan fingerprint density at radius 3 is 2.48 bits per heavy atom.